The van der Waals surface area contributed by atoms with Crippen LogP contribution in [0.5, 0.6) is 0 Å². The van der Waals surface area contributed by atoms with Crippen molar-refractivity contribution >= 4 is 38.8 Å². The zero-order valence-electron chi connectivity index (χ0n) is 4.84. The standard InChI is InChI=1S/C2H4FO5PS2/c3-8-9(6,7)2(10,11)1(4)5/h10-11H,(H,4,5)(H,6,7). The Labute approximate surface area is 71.8 Å². The molecule has 0 aliphatic carbocycles. The molecule has 0 radical (unpaired) electrons. The molecule has 0 aromatic rings. The third-order valence-corrected chi connectivity index (χ3v) is 3.84. The minimum Gasteiger partial charge on any atom is -0.479 e. The smallest absolute Gasteiger partial charge is 0.397 e. The van der Waals surface area contributed by atoms with Gasteiger partial charge in [-0.05, 0) is 4.53 Å². The average molecular weight is 222 g/mol. The van der Waals surface area contributed by atoms with Crippen molar-refractivity contribution in [3.8, 4) is 0 Å². The third-order valence-electron chi connectivity index (χ3n) is 0.774. The number of rotatable bonds is 3. The number of halogens is 1. The van der Waals surface area contributed by atoms with Crippen LogP contribution in [0.4, 0.5) is 4.53 Å². The van der Waals surface area contributed by atoms with E-state index in [1.165, 1.54) is 0 Å². The van der Waals surface area contributed by atoms with Crippen LogP contribution in [-0.4, -0.2) is 19.8 Å². The maximum absolute atomic E-state index is 11.3. The second kappa shape index (κ2) is 3.32. The second-order valence-electron chi connectivity index (χ2n) is 1.53. The van der Waals surface area contributed by atoms with Crippen molar-refractivity contribution in [1.29, 1.82) is 0 Å². The van der Waals surface area contributed by atoms with E-state index < -0.39 is 17.4 Å². The largest absolute Gasteiger partial charge is 0.479 e. The fourth-order valence-electron chi connectivity index (χ4n) is 0.169. The van der Waals surface area contributed by atoms with Crippen LogP contribution >= 0.6 is 32.9 Å². The molecule has 0 heterocycles. The van der Waals surface area contributed by atoms with Gasteiger partial charge in [0.25, 0.3) is 3.82 Å². The molecule has 0 fully saturated rings. The van der Waals surface area contributed by atoms with E-state index in [2.05, 4.69) is 30.0 Å². The summed E-state index contributed by atoms with van der Waals surface area (Å²) >= 11 is 6.26. The summed E-state index contributed by atoms with van der Waals surface area (Å²) in [6, 6.07) is 0. The van der Waals surface area contributed by atoms with E-state index in [0.717, 1.165) is 0 Å². The van der Waals surface area contributed by atoms with Gasteiger partial charge in [0.15, 0.2) is 0 Å². The Kier molecular flexibility index (Phi) is 3.40. The van der Waals surface area contributed by atoms with E-state index in [9.17, 15) is 13.9 Å². The molecule has 0 rings (SSSR count). The molecule has 1 unspecified atom stereocenters. The minimum absolute atomic E-state index is 1.87. The summed E-state index contributed by atoms with van der Waals surface area (Å²) in [4.78, 5) is 18.5. The molecule has 0 saturated carbocycles. The van der Waals surface area contributed by atoms with Crippen LogP contribution in [0.2, 0.25) is 0 Å². The third kappa shape index (κ3) is 2.09. The Balaban J connectivity index is 4.83. The lowest BCUT2D eigenvalue weighted by molar-refractivity contribution is -0.136. The Morgan fingerprint density at radius 3 is 2.09 bits per heavy atom. The van der Waals surface area contributed by atoms with Crippen molar-refractivity contribution in [2.45, 2.75) is 3.82 Å². The Bertz CT molecular complexity index is 217. The summed E-state index contributed by atoms with van der Waals surface area (Å²) < 4.78 is 21.5. The van der Waals surface area contributed by atoms with Crippen LogP contribution in [0, 0.1) is 0 Å². The normalized spacial score (nSPS) is 17.5. The predicted octanol–water partition coefficient (Wildman–Crippen LogP) is 0.671. The molecule has 11 heavy (non-hydrogen) atoms. The highest BCUT2D eigenvalue weighted by molar-refractivity contribution is 8.11. The Morgan fingerprint density at radius 2 is 2.00 bits per heavy atom. The van der Waals surface area contributed by atoms with Crippen molar-refractivity contribution in [1.82, 2.24) is 0 Å². The van der Waals surface area contributed by atoms with Gasteiger partial charge in [0, 0.05) is 0 Å². The zero-order chi connectivity index (χ0) is 9.28. The molecule has 0 aromatic carbocycles. The number of carboxylic acids is 1. The van der Waals surface area contributed by atoms with Crippen molar-refractivity contribution < 1.29 is 28.6 Å². The van der Waals surface area contributed by atoms with E-state index in [4.69, 9.17) is 10.00 Å². The quantitative estimate of drug-likeness (QED) is 0.320. The molecule has 0 amide bonds. The summed E-state index contributed by atoms with van der Waals surface area (Å²) in [7, 11) is -4.97. The summed E-state index contributed by atoms with van der Waals surface area (Å²) in [5, 5.41) is 8.18. The summed E-state index contributed by atoms with van der Waals surface area (Å²) in [5.41, 5.74) is 0. The van der Waals surface area contributed by atoms with Gasteiger partial charge in [0.2, 0.25) is 0 Å². The van der Waals surface area contributed by atoms with E-state index in [-0.39, 0.29) is 0 Å². The van der Waals surface area contributed by atoms with E-state index >= 15 is 0 Å². The first-order chi connectivity index (χ1) is 4.75. The van der Waals surface area contributed by atoms with Crippen LogP contribution in [0.1, 0.15) is 0 Å². The fraction of sp³-hybridized carbons (Fsp3) is 0.500. The zero-order valence-corrected chi connectivity index (χ0v) is 7.52. The molecule has 0 aromatic heterocycles. The Morgan fingerprint density at radius 1 is 1.64 bits per heavy atom. The van der Waals surface area contributed by atoms with Crippen LogP contribution in [0.25, 0.3) is 0 Å². The van der Waals surface area contributed by atoms with E-state index in [1.807, 2.05) is 0 Å². The lowest BCUT2D eigenvalue weighted by Gasteiger charge is -2.18. The lowest BCUT2D eigenvalue weighted by Crippen LogP contribution is -2.25. The maximum Gasteiger partial charge on any atom is 0.397 e. The van der Waals surface area contributed by atoms with Gasteiger partial charge in [-0.1, -0.05) is 0 Å². The van der Waals surface area contributed by atoms with Crippen LogP contribution in [0.3, 0.4) is 0 Å². The fourth-order valence-corrected chi connectivity index (χ4v) is 0.692. The van der Waals surface area contributed by atoms with Gasteiger partial charge in [-0.15, -0.1) is 30.0 Å². The van der Waals surface area contributed by atoms with Crippen molar-refractivity contribution in [2.75, 3.05) is 0 Å². The first-order valence-corrected chi connectivity index (χ1v) is 4.54. The van der Waals surface area contributed by atoms with Crippen molar-refractivity contribution in [3.05, 3.63) is 0 Å². The van der Waals surface area contributed by atoms with Crippen LogP contribution < -0.4 is 0 Å². The van der Waals surface area contributed by atoms with Gasteiger partial charge in [-0.2, -0.15) is 0 Å². The SMILES string of the molecule is O=C(O)C(S)(S)P(=O)(O)OF. The molecule has 9 heteroatoms. The van der Waals surface area contributed by atoms with Gasteiger partial charge < -0.3 is 10.00 Å². The first-order valence-electron chi connectivity index (χ1n) is 2.07. The minimum atomic E-state index is -4.97. The number of carboxylic acid groups (broad SMARTS) is 1. The molecule has 66 valence electrons. The molecule has 1 atom stereocenters. The molecule has 0 aliphatic heterocycles. The summed E-state index contributed by atoms with van der Waals surface area (Å²) in [6.07, 6.45) is 0. The highest BCUT2D eigenvalue weighted by Gasteiger charge is 2.51. The highest BCUT2D eigenvalue weighted by atomic mass is 32.2. The van der Waals surface area contributed by atoms with Gasteiger partial charge in [0.1, 0.15) is 0 Å². The number of aliphatic carboxylic acids is 1. The highest BCUT2D eigenvalue weighted by Crippen LogP contribution is 2.60. The number of carbonyl (C=O) groups is 1. The monoisotopic (exact) mass is 222 g/mol. The summed E-state index contributed by atoms with van der Waals surface area (Å²) in [6.45, 7) is 0. The molecule has 5 nitrogen and oxygen atoms in total. The topological polar surface area (TPSA) is 83.8 Å². The van der Waals surface area contributed by atoms with Gasteiger partial charge >= 0.3 is 13.6 Å². The van der Waals surface area contributed by atoms with Gasteiger partial charge in [0.05, 0.1) is 0 Å². The first kappa shape index (κ1) is 11.2. The van der Waals surface area contributed by atoms with E-state index in [0.29, 0.717) is 0 Å². The second-order valence-corrected chi connectivity index (χ2v) is 5.78. The molecular formula is C2H4FO5PS2. The van der Waals surface area contributed by atoms with Crippen LogP contribution in [0.15, 0.2) is 0 Å². The molecule has 0 aliphatic rings. The number of hydrogen-bond acceptors (Lipinski definition) is 5. The molecular weight excluding hydrogens is 218 g/mol. The number of hydrogen-bond donors (Lipinski definition) is 4. The van der Waals surface area contributed by atoms with Crippen molar-refractivity contribution in [3.63, 3.8) is 0 Å². The summed E-state index contributed by atoms with van der Waals surface area (Å²) in [5.74, 6) is -1.87. The molecule has 0 saturated heterocycles. The maximum atomic E-state index is 11.3. The van der Waals surface area contributed by atoms with Crippen molar-refractivity contribution in [2.24, 2.45) is 0 Å². The molecule has 0 spiro atoms. The van der Waals surface area contributed by atoms with Crippen LogP contribution in [-0.2, 0) is 14.1 Å². The van der Waals surface area contributed by atoms with E-state index in [1.54, 1.807) is 0 Å². The Hall–Kier alpha value is 0.250. The van der Waals surface area contributed by atoms with Gasteiger partial charge in [-0.25, -0.2) is 4.79 Å². The average Bonchev–Trinajstić information content (AvgIpc) is 1.87. The predicted molar refractivity (Wildman–Crippen MR) is 40.4 cm³/mol. The molecule has 0 bridgehead atoms. The molecule has 2 N–H and O–H groups in total. The lowest BCUT2D eigenvalue weighted by atomic mass is 10.8. The van der Waals surface area contributed by atoms with Gasteiger partial charge in [-0.3, -0.25) is 4.57 Å². The number of thiol groups is 2.